The highest BCUT2D eigenvalue weighted by Crippen LogP contribution is 2.31. The Kier molecular flexibility index (Phi) is 5.47. The Bertz CT molecular complexity index is 984. The molecule has 1 aliphatic heterocycles. The molecule has 2 heterocycles. The molecule has 1 amide bonds. The summed E-state index contributed by atoms with van der Waals surface area (Å²) < 4.78 is 27.3. The van der Waals surface area contributed by atoms with Gasteiger partial charge >= 0.3 is 0 Å². The zero-order valence-electron chi connectivity index (χ0n) is 15.5. The number of nitrogens with one attached hydrogen (secondary N) is 1. The molecule has 1 aromatic heterocycles. The number of aromatic nitrogens is 2. The Morgan fingerprint density at radius 1 is 1.32 bits per heavy atom. The fourth-order valence-electron chi connectivity index (χ4n) is 3.30. The smallest absolute Gasteiger partial charge is 0.269 e. The molecule has 28 heavy (non-hydrogen) atoms. The number of piperidine rings is 1. The van der Waals surface area contributed by atoms with Crippen molar-refractivity contribution < 1.29 is 18.1 Å². The Labute approximate surface area is 162 Å². The van der Waals surface area contributed by atoms with E-state index in [4.69, 9.17) is 0 Å². The molecular weight excluding hydrogens is 386 g/mol. The molecule has 1 aliphatic rings. The molecule has 10 nitrogen and oxygen atoms in total. The van der Waals surface area contributed by atoms with Crippen LogP contribution in [0, 0.1) is 10.1 Å². The van der Waals surface area contributed by atoms with Gasteiger partial charge in [-0.2, -0.15) is 9.40 Å². The van der Waals surface area contributed by atoms with Gasteiger partial charge in [-0.25, -0.2) is 8.42 Å². The second-order valence-electron chi connectivity index (χ2n) is 6.85. The number of hydrogen-bond donors (Lipinski definition) is 1. The van der Waals surface area contributed by atoms with E-state index < -0.39 is 14.9 Å². The molecule has 3 rings (SSSR count). The summed E-state index contributed by atoms with van der Waals surface area (Å²) >= 11 is 0. The van der Waals surface area contributed by atoms with Crippen molar-refractivity contribution in [2.24, 2.45) is 0 Å². The molecular formula is C17H21N5O5S. The average Bonchev–Trinajstić information content (AvgIpc) is 3.17. The summed E-state index contributed by atoms with van der Waals surface area (Å²) in [6.45, 7) is 0.552. The molecule has 1 aromatic carbocycles. The topological polar surface area (TPSA) is 130 Å². The number of aromatic amines is 1. The van der Waals surface area contributed by atoms with Crippen LogP contribution in [0.5, 0.6) is 0 Å². The highest BCUT2D eigenvalue weighted by Gasteiger charge is 2.33. The van der Waals surface area contributed by atoms with Crippen LogP contribution in [0.4, 0.5) is 5.69 Å². The third-order valence-corrected chi connectivity index (χ3v) is 6.66. The van der Waals surface area contributed by atoms with Crippen LogP contribution >= 0.6 is 0 Å². The van der Waals surface area contributed by atoms with E-state index in [1.807, 2.05) is 0 Å². The molecule has 2 aromatic rings. The standard InChI is InChI=1S/C17H21N5O5S/c1-20(2)17(23)15-10-18-19-16(15)12-4-3-9-21(11-12)28(26,27)14-7-5-13(6-8-14)22(24)25/h5-8,10,12H,3-4,9,11H2,1-2H3,(H,18,19). The van der Waals surface area contributed by atoms with Crippen LogP contribution < -0.4 is 0 Å². The monoisotopic (exact) mass is 407 g/mol. The van der Waals surface area contributed by atoms with E-state index in [1.165, 1.54) is 39.7 Å². The van der Waals surface area contributed by atoms with E-state index in [1.54, 1.807) is 14.1 Å². The van der Waals surface area contributed by atoms with E-state index in [2.05, 4.69) is 10.2 Å². The number of rotatable bonds is 5. The van der Waals surface area contributed by atoms with Crippen LogP contribution in [0.2, 0.25) is 0 Å². The Morgan fingerprint density at radius 2 is 2.00 bits per heavy atom. The SMILES string of the molecule is CN(C)C(=O)c1cn[nH]c1C1CCCN(S(=O)(=O)c2ccc([N+](=O)[O-])cc2)C1. The second-order valence-corrected chi connectivity index (χ2v) is 8.79. The lowest BCUT2D eigenvalue weighted by atomic mass is 9.93. The number of nitro groups is 1. The second kappa shape index (κ2) is 7.68. The Balaban J connectivity index is 1.84. The number of carbonyl (C=O) groups is 1. The third-order valence-electron chi connectivity index (χ3n) is 4.78. The van der Waals surface area contributed by atoms with Crippen molar-refractivity contribution >= 4 is 21.6 Å². The van der Waals surface area contributed by atoms with Crippen LogP contribution in [0.1, 0.15) is 34.8 Å². The first kappa shape index (κ1) is 20.0. The number of carbonyl (C=O) groups excluding carboxylic acids is 1. The van der Waals surface area contributed by atoms with Gasteiger partial charge < -0.3 is 4.90 Å². The van der Waals surface area contributed by atoms with Gasteiger partial charge in [0.25, 0.3) is 11.6 Å². The van der Waals surface area contributed by atoms with Gasteiger partial charge in [-0.15, -0.1) is 0 Å². The number of non-ortho nitro benzene ring substituents is 1. The minimum Gasteiger partial charge on any atom is -0.345 e. The van der Waals surface area contributed by atoms with Gasteiger partial charge in [-0.1, -0.05) is 0 Å². The lowest BCUT2D eigenvalue weighted by Gasteiger charge is -2.31. The van der Waals surface area contributed by atoms with Gasteiger partial charge in [0.2, 0.25) is 10.0 Å². The molecule has 0 radical (unpaired) electrons. The van der Waals surface area contributed by atoms with Crippen LogP contribution in [-0.2, 0) is 10.0 Å². The van der Waals surface area contributed by atoms with Gasteiger partial charge in [-0.05, 0) is 25.0 Å². The molecule has 1 N–H and O–H groups in total. The molecule has 1 atom stereocenters. The van der Waals surface area contributed by atoms with Crippen molar-refractivity contribution in [2.75, 3.05) is 27.2 Å². The predicted molar refractivity (Wildman–Crippen MR) is 100 cm³/mol. The summed E-state index contributed by atoms with van der Waals surface area (Å²) in [5.41, 5.74) is 0.895. The van der Waals surface area contributed by atoms with E-state index in [-0.39, 0.29) is 29.0 Å². The molecule has 1 fully saturated rings. The van der Waals surface area contributed by atoms with Crippen LogP contribution in [0.3, 0.4) is 0 Å². The first-order valence-electron chi connectivity index (χ1n) is 8.71. The molecule has 11 heteroatoms. The van der Waals surface area contributed by atoms with Crippen molar-refractivity contribution in [3.63, 3.8) is 0 Å². The first-order valence-corrected chi connectivity index (χ1v) is 10.2. The fourth-order valence-corrected chi connectivity index (χ4v) is 4.83. The van der Waals surface area contributed by atoms with Crippen LogP contribution in [0.25, 0.3) is 0 Å². The summed E-state index contributed by atoms with van der Waals surface area (Å²) in [6.07, 6.45) is 2.81. The predicted octanol–water partition coefficient (Wildman–Crippen LogP) is 1.59. The number of hydrogen-bond acceptors (Lipinski definition) is 6. The molecule has 1 unspecified atom stereocenters. The van der Waals surface area contributed by atoms with Gasteiger partial charge in [-0.3, -0.25) is 20.0 Å². The quantitative estimate of drug-likeness (QED) is 0.592. The first-order chi connectivity index (χ1) is 13.2. The maximum atomic E-state index is 13.0. The van der Waals surface area contributed by atoms with Crippen molar-refractivity contribution in [1.29, 1.82) is 0 Å². The fraction of sp³-hybridized carbons (Fsp3) is 0.412. The number of amides is 1. The van der Waals surface area contributed by atoms with Gasteiger partial charge in [0, 0.05) is 45.2 Å². The summed E-state index contributed by atoms with van der Waals surface area (Å²) in [6, 6.07) is 4.84. The maximum Gasteiger partial charge on any atom is 0.269 e. The summed E-state index contributed by atoms with van der Waals surface area (Å²) in [7, 11) is -0.508. The van der Waals surface area contributed by atoms with Crippen molar-refractivity contribution in [2.45, 2.75) is 23.7 Å². The lowest BCUT2D eigenvalue weighted by molar-refractivity contribution is -0.384. The van der Waals surface area contributed by atoms with Gasteiger partial charge in [0.05, 0.1) is 27.3 Å². The molecule has 0 aliphatic carbocycles. The lowest BCUT2D eigenvalue weighted by Crippen LogP contribution is -2.39. The van der Waals surface area contributed by atoms with Gasteiger partial charge in [0.15, 0.2) is 0 Å². The zero-order chi connectivity index (χ0) is 20.5. The minimum atomic E-state index is -3.80. The zero-order valence-corrected chi connectivity index (χ0v) is 16.3. The highest BCUT2D eigenvalue weighted by atomic mass is 32.2. The molecule has 0 spiro atoms. The van der Waals surface area contributed by atoms with Crippen molar-refractivity contribution in [3.8, 4) is 0 Å². The number of nitrogens with zero attached hydrogens (tertiary/aromatic N) is 4. The van der Waals surface area contributed by atoms with E-state index in [9.17, 15) is 23.3 Å². The third kappa shape index (κ3) is 3.76. The minimum absolute atomic E-state index is 0.00736. The van der Waals surface area contributed by atoms with Crippen molar-refractivity contribution in [3.05, 3.63) is 51.8 Å². The summed E-state index contributed by atoms with van der Waals surface area (Å²) in [5.74, 6) is -0.387. The normalized spacial score (nSPS) is 18.0. The van der Waals surface area contributed by atoms with Crippen LogP contribution in [-0.4, -0.2) is 65.8 Å². The largest absolute Gasteiger partial charge is 0.345 e. The van der Waals surface area contributed by atoms with E-state index in [0.717, 1.165) is 6.42 Å². The van der Waals surface area contributed by atoms with E-state index in [0.29, 0.717) is 24.2 Å². The summed E-state index contributed by atoms with van der Waals surface area (Å²) in [4.78, 5) is 24.0. The maximum absolute atomic E-state index is 13.0. The molecule has 150 valence electrons. The molecule has 1 saturated heterocycles. The molecule has 0 bridgehead atoms. The summed E-state index contributed by atoms with van der Waals surface area (Å²) in [5, 5.41) is 17.6. The number of H-pyrrole nitrogens is 1. The highest BCUT2D eigenvalue weighted by molar-refractivity contribution is 7.89. The van der Waals surface area contributed by atoms with Gasteiger partial charge in [0.1, 0.15) is 0 Å². The Hall–Kier alpha value is -2.79. The number of benzene rings is 1. The van der Waals surface area contributed by atoms with E-state index >= 15 is 0 Å². The van der Waals surface area contributed by atoms with Crippen LogP contribution in [0.15, 0.2) is 35.4 Å². The number of sulfonamides is 1. The molecule has 0 saturated carbocycles. The van der Waals surface area contributed by atoms with Crippen molar-refractivity contribution in [1.82, 2.24) is 19.4 Å². The Morgan fingerprint density at radius 3 is 2.61 bits per heavy atom. The number of nitro benzene ring substituents is 1. The average molecular weight is 407 g/mol.